The van der Waals surface area contributed by atoms with Crippen molar-refractivity contribution in [2.75, 3.05) is 25.5 Å². The zero-order valence-corrected chi connectivity index (χ0v) is 11.8. The first kappa shape index (κ1) is 12.3. The normalized spacial score (nSPS) is 21.2. The summed E-state index contributed by atoms with van der Waals surface area (Å²) in [6.45, 7) is 3.43. The molecule has 4 heteroatoms. The molecule has 3 aliphatic rings. The number of hydrogen-bond acceptors (Lipinski definition) is 4. The molecule has 1 aliphatic heterocycles. The van der Waals surface area contributed by atoms with Crippen molar-refractivity contribution in [3.05, 3.63) is 17.7 Å². The lowest BCUT2D eigenvalue weighted by molar-refractivity contribution is 0.171. The van der Waals surface area contributed by atoms with Gasteiger partial charge in [-0.25, -0.2) is 0 Å². The molecule has 1 aromatic rings. The zero-order valence-electron chi connectivity index (χ0n) is 11.8. The van der Waals surface area contributed by atoms with Gasteiger partial charge in [0.1, 0.15) is 13.2 Å². The van der Waals surface area contributed by atoms with Gasteiger partial charge < -0.3 is 15.2 Å². The molecular formula is C16H22N2O2. The molecule has 2 N–H and O–H groups in total. The lowest BCUT2D eigenvalue weighted by Crippen LogP contribution is -2.28. The molecule has 2 saturated carbocycles. The van der Waals surface area contributed by atoms with Crippen LogP contribution >= 0.6 is 0 Å². The average Bonchev–Trinajstić information content (AvgIpc) is 3.32. The molecule has 0 aromatic heterocycles. The van der Waals surface area contributed by atoms with Gasteiger partial charge in [-0.1, -0.05) is 0 Å². The SMILES string of the molecule is Nc1cc2c(cc1CN(CC1CC1)C1CC1)OCCO2. The van der Waals surface area contributed by atoms with Gasteiger partial charge in [-0.05, 0) is 43.2 Å². The van der Waals surface area contributed by atoms with Crippen molar-refractivity contribution in [2.24, 2.45) is 5.92 Å². The van der Waals surface area contributed by atoms with Gasteiger partial charge >= 0.3 is 0 Å². The Bertz CT molecular complexity index is 509. The van der Waals surface area contributed by atoms with Crippen molar-refractivity contribution in [3.63, 3.8) is 0 Å². The number of hydrogen-bond donors (Lipinski definition) is 1. The van der Waals surface area contributed by atoms with Gasteiger partial charge in [0.05, 0.1) is 0 Å². The number of anilines is 1. The summed E-state index contributed by atoms with van der Waals surface area (Å²) >= 11 is 0. The zero-order chi connectivity index (χ0) is 13.5. The summed E-state index contributed by atoms with van der Waals surface area (Å²) in [5.74, 6) is 2.56. The van der Waals surface area contributed by atoms with E-state index >= 15 is 0 Å². The van der Waals surface area contributed by atoms with E-state index in [1.807, 2.05) is 6.07 Å². The Morgan fingerprint density at radius 1 is 1.05 bits per heavy atom. The Morgan fingerprint density at radius 3 is 2.40 bits per heavy atom. The molecule has 0 saturated heterocycles. The van der Waals surface area contributed by atoms with Crippen LogP contribution in [0.3, 0.4) is 0 Å². The lowest BCUT2D eigenvalue weighted by atomic mass is 10.1. The number of nitrogen functional groups attached to an aromatic ring is 1. The van der Waals surface area contributed by atoms with Gasteiger partial charge in [-0.15, -0.1) is 0 Å². The van der Waals surface area contributed by atoms with E-state index in [9.17, 15) is 0 Å². The van der Waals surface area contributed by atoms with Crippen LogP contribution in [0.5, 0.6) is 11.5 Å². The molecule has 20 heavy (non-hydrogen) atoms. The summed E-state index contributed by atoms with van der Waals surface area (Å²) in [6.07, 6.45) is 5.49. The minimum Gasteiger partial charge on any atom is -0.486 e. The molecule has 0 radical (unpaired) electrons. The Hall–Kier alpha value is -1.42. The van der Waals surface area contributed by atoms with Crippen molar-refractivity contribution >= 4 is 5.69 Å². The van der Waals surface area contributed by atoms with Gasteiger partial charge in [0.15, 0.2) is 11.5 Å². The van der Waals surface area contributed by atoms with E-state index in [2.05, 4.69) is 11.0 Å². The number of fused-ring (bicyclic) bond motifs is 1. The summed E-state index contributed by atoms with van der Waals surface area (Å²) in [5.41, 5.74) is 8.21. The van der Waals surface area contributed by atoms with Gasteiger partial charge in [-0.2, -0.15) is 0 Å². The van der Waals surface area contributed by atoms with Crippen LogP contribution < -0.4 is 15.2 Å². The van der Waals surface area contributed by atoms with E-state index in [0.29, 0.717) is 13.2 Å². The van der Waals surface area contributed by atoms with Gasteiger partial charge in [0, 0.05) is 30.9 Å². The van der Waals surface area contributed by atoms with Crippen LogP contribution in [0, 0.1) is 5.92 Å². The molecule has 4 nitrogen and oxygen atoms in total. The van der Waals surface area contributed by atoms with Gasteiger partial charge in [0.2, 0.25) is 0 Å². The van der Waals surface area contributed by atoms with E-state index in [-0.39, 0.29) is 0 Å². The maximum Gasteiger partial charge on any atom is 0.163 e. The first-order chi connectivity index (χ1) is 9.79. The quantitative estimate of drug-likeness (QED) is 0.838. The second-order valence-electron chi connectivity index (χ2n) is 6.30. The Labute approximate surface area is 119 Å². The van der Waals surface area contributed by atoms with Crippen LogP contribution in [0.2, 0.25) is 0 Å². The molecule has 0 spiro atoms. The lowest BCUT2D eigenvalue weighted by Gasteiger charge is -2.25. The van der Waals surface area contributed by atoms with Crippen LogP contribution in [0.4, 0.5) is 5.69 Å². The molecular weight excluding hydrogens is 252 g/mol. The van der Waals surface area contributed by atoms with Crippen LogP contribution in [0.25, 0.3) is 0 Å². The minimum atomic E-state index is 0.613. The van der Waals surface area contributed by atoms with Crippen LogP contribution in [0.15, 0.2) is 12.1 Å². The van der Waals surface area contributed by atoms with Crippen molar-refractivity contribution in [1.29, 1.82) is 0 Å². The number of nitrogens with two attached hydrogens (primary N) is 1. The Morgan fingerprint density at radius 2 is 1.75 bits per heavy atom. The van der Waals surface area contributed by atoms with Gasteiger partial charge in [0.25, 0.3) is 0 Å². The molecule has 1 aromatic carbocycles. The highest BCUT2D eigenvalue weighted by atomic mass is 16.6. The predicted molar refractivity (Wildman–Crippen MR) is 78.0 cm³/mol. The highest BCUT2D eigenvalue weighted by molar-refractivity contribution is 5.58. The predicted octanol–water partition coefficient (Wildman–Crippen LogP) is 2.41. The number of rotatable bonds is 5. The van der Waals surface area contributed by atoms with Gasteiger partial charge in [-0.3, -0.25) is 4.90 Å². The standard InChI is InChI=1S/C16H22N2O2/c17-14-8-16-15(19-5-6-20-16)7-12(14)10-18(13-3-4-13)9-11-1-2-11/h7-8,11,13H,1-6,9-10,17H2. The second kappa shape index (κ2) is 4.85. The summed E-state index contributed by atoms with van der Waals surface area (Å²) in [5, 5.41) is 0. The largest absolute Gasteiger partial charge is 0.486 e. The summed E-state index contributed by atoms with van der Waals surface area (Å²) < 4.78 is 11.3. The summed E-state index contributed by atoms with van der Waals surface area (Å²) in [7, 11) is 0. The van der Waals surface area contributed by atoms with Crippen molar-refractivity contribution < 1.29 is 9.47 Å². The number of benzene rings is 1. The molecule has 108 valence electrons. The van der Waals surface area contributed by atoms with Crippen molar-refractivity contribution in [2.45, 2.75) is 38.3 Å². The maximum atomic E-state index is 6.20. The molecule has 0 amide bonds. The third-order valence-electron chi connectivity index (χ3n) is 4.43. The van der Waals surface area contributed by atoms with Crippen molar-refractivity contribution in [3.8, 4) is 11.5 Å². The first-order valence-corrected chi connectivity index (χ1v) is 7.71. The molecule has 0 bridgehead atoms. The second-order valence-corrected chi connectivity index (χ2v) is 6.30. The Kier molecular flexibility index (Phi) is 2.99. The minimum absolute atomic E-state index is 0.613. The Balaban J connectivity index is 1.54. The van der Waals surface area contributed by atoms with Crippen molar-refractivity contribution in [1.82, 2.24) is 4.90 Å². The fraction of sp³-hybridized carbons (Fsp3) is 0.625. The molecule has 0 atom stereocenters. The molecule has 2 aliphatic carbocycles. The summed E-state index contributed by atoms with van der Waals surface area (Å²) in [6, 6.07) is 4.78. The average molecular weight is 274 g/mol. The van der Waals surface area contributed by atoms with Crippen LogP contribution in [-0.2, 0) is 6.54 Å². The number of ether oxygens (including phenoxy) is 2. The molecule has 2 fully saturated rings. The van der Waals surface area contributed by atoms with Crippen LogP contribution in [-0.4, -0.2) is 30.7 Å². The van der Waals surface area contributed by atoms with E-state index in [1.54, 1.807) is 0 Å². The molecule has 4 rings (SSSR count). The van der Waals surface area contributed by atoms with Crippen LogP contribution in [0.1, 0.15) is 31.2 Å². The van der Waals surface area contributed by atoms with E-state index in [1.165, 1.54) is 37.8 Å². The summed E-state index contributed by atoms with van der Waals surface area (Å²) in [4.78, 5) is 2.61. The monoisotopic (exact) mass is 274 g/mol. The maximum absolute atomic E-state index is 6.20. The third-order valence-corrected chi connectivity index (χ3v) is 4.43. The first-order valence-electron chi connectivity index (χ1n) is 7.71. The topological polar surface area (TPSA) is 47.7 Å². The molecule has 1 heterocycles. The highest BCUT2D eigenvalue weighted by Crippen LogP contribution is 2.38. The molecule has 0 unspecified atom stereocenters. The fourth-order valence-electron chi connectivity index (χ4n) is 2.92. The number of nitrogens with zero attached hydrogens (tertiary/aromatic N) is 1. The van der Waals surface area contributed by atoms with E-state index in [0.717, 1.165) is 35.7 Å². The third kappa shape index (κ3) is 2.57. The smallest absolute Gasteiger partial charge is 0.163 e. The van der Waals surface area contributed by atoms with E-state index in [4.69, 9.17) is 15.2 Å². The fourth-order valence-corrected chi connectivity index (χ4v) is 2.92. The highest BCUT2D eigenvalue weighted by Gasteiger charge is 2.34. The van der Waals surface area contributed by atoms with E-state index < -0.39 is 0 Å².